The second kappa shape index (κ2) is 4.93. The van der Waals surface area contributed by atoms with Crippen molar-refractivity contribution in [3.63, 3.8) is 0 Å². The molecule has 4 aliphatic carbocycles. The van der Waals surface area contributed by atoms with Gasteiger partial charge in [-0.05, 0) is 74.5 Å². The summed E-state index contributed by atoms with van der Waals surface area (Å²) in [7, 11) is 0. The molecule has 0 spiro atoms. The fraction of sp³-hybridized carbons (Fsp3) is 0.850. The molecule has 1 N–H and O–H groups in total. The van der Waals surface area contributed by atoms with Crippen LogP contribution in [0.15, 0.2) is 11.1 Å². The molecule has 2 nitrogen and oxygen atoms in total. The number of aliphatic hydroxyl groups is 1. The molecule has 122 valence electrons. The van der Waals surface area contributed by atoms with Crippen LogP contribution in [-0.2, 0) is 4.79 Å². The molecule has 0 aliphatic heterocycles. The zero-order valence-corrected chi connectivity index (χ0v) is 14.2. The Kier molecular flexibility index (Phi) is 3.35. The van der Waals surface area contributed by atoms with Crippen LogP contribution in [0.1, 0.15) is 78.1 Å². The maximum absolute atomic E-state index is 11.8. The lowest BCUT2D eigenvalue weighted by Gasteiger charge is -2.54. The zero-order valence-electron chi connectivity index (χ0n) is 14.2. The van der Waals surface area contributed by atoms with Crippen LogP contribution in [0.2, 0.25) is 0 Å². The predicted molar refractivity (Wildman–Crippen MR) is 87.4 cm³/mol. The van der Waals surface area contributed by atoms with Crippen LogP contribution in [0.25, 0.3) is 0 Å². The second-order valence-corrected chi connectivity index (χ2v) is 8.64. The molecule has 4 aliphatic rings. The maximum atomic E-state index is 11.8. The van der Waals surface area contributed by atoms with Crippen LogP contribution >= 0.6 is 0 Å². The fourth-order valence-corrected chi connectivity index (χ4v) is 6.74. The fourth-order valence-electron chi connectivity index (χ4n) is 6.74. The number of carbonyl (C=O) groups is 1. The quantitative estimate of drug-likeness (QED) is 0.728. The van der Waals surface area contributed by atoms with Crippen LogP contribution in [0.3, 0.4) is 0 Å². The van der Waals surface area contributed by atoms with Gasteiger partial charge < -0.3 is 5.11 Å². The van der Waals surface area contributed by atoms with E-state index in [1.54, 1.807) is 5.57 Å². The molecule has 0 bridgehead atoms. The molecule has 5 atom stereocenters. The van der Waals surface area contributed by atoms with Crippen molar-refractivity contribution in [3.05, 3.63) is 11.1 Å². The van der Waals surface area contributed by atoms with Crippen LogP contribution in [-0.4, -0.2) is 16.5 Å². The predicted octanol–water partition coefficient (Wildman–Crippen LogP) is 4.41. The Morgan fingerprint density at radius 3 is 2.73 bits per heavy atom. The van der Waals surface area contributed by atoms with E-state index in [1.807, 2.05) is 0 Å². The summed E-state index contributed by atoms with van der Waals surface area (Å²) in [4.78, 5) is 11.8. The Morgan fingerprint density at radius 1 is 1.14 bits per heavy atom. The molecule has 0 unspecified atom stereocenters. The molecule has 0 aromatic rings. The highest BCUT2D eigenvalue weighted by molar-refractivity contribution is 5.82. The van der Waals surface area contributed by atoms with E-state index in [0.29, 0.717) is 11.7 Å². The Hall–Kier alpha value is -0.630. The average molecular weight is 302 g/mol. The van der Waals surface area contributed by atoms with Gasteiger partial charge in [0.2, 0.25) is 0 Å². The molecular weight excluding hydrogens is 272 g/mol. The molecule has 0 amide bonds. The third kappa shape index (κ3) is 1.85. The Morgan fingerprint density at radius 2 is 1.95 bits per heavy atom. The van der Waals surface area contributed by atoms with Gasteiger partial charge in [-0.25, -0.2) is 0 Å². The summed E-state index contributed by atoms with van der Waals surface area (Å²) in [5, 5.41) is 11.2. The van der Waals surface area contributed by atoms with Crippen molar-refractivity contribution in [1.82, 2.24) is 0 Å². The van der Waals surface area contributed by atoms with Crippen LogP contribution in [0.5, 0.6) is 0 Å². The number of allylic oxidation sites excluding steroid dienone is 2. The van der Waals surface area contributed by atoms with Gasteiger partial charge in [-0.3, -0.25) is 4.79 Å². The van der Waals surface area contributed by atoms with Crippen molar-refractivity contribution in [1.29, 1.82) is 0 Å². The number of rotatable bonds is 1. The Bertz CT molecular complexity index is 534. The minimum Gasteiger partial charge on any atom is -0.389 e. The van der Waals surface area contributed by atoms with E-state index in [9.17, 15) is 9.90 Å². The highest BCUT2D eigenvalue weighted by atomic mass is 16.3. The topological polar surface area (TPSA) is 37.3 Å². The van der Waals surface area contributed by atoms with E-state index in [4.69, 9.17) is 0 Å². The van der Waals surface area contributed by atoms with Gasteiger partial charge in [-0.1, -0.05) is 25.0 Å². The first-order valence-corrected chi connectivity index (χ1v) is 9.43. The second-order valence-electron chi connectivity index (χ2n) is 8.64. The van der Waals surface area contributed by atoms with Gasteiger partial charge >= 0.3 is 0 Å². The lowest BCUT2D eigenvalue weighted by Crippen LogP contribution is -2.51. The van der Waals surface area contributed by atoms with E-state index in [-0.39, 0.29) is 5.41 Å². The first-order valence-electron chi connectivity index (χ1n) is 9.43. The minimum absolute atomic E-state index is 0.130. The summed E-state index contributed by atoms with van der Waals surface area (Å²) in [6, 6.07) is 0. The summed E-state index contributed by atoms with van der Waals surface area (Å²) >= 11 is 0. The largest absolute Gasteiger partial charge is 0.389 e. The normalized spacial score (nSPS) is 48.0. The number of ketones is 1. The molecule has 2 saturated carbocycles. The summed E-state index contributed by atoms with van der Waals surface area (Å²) in [6.45, 7) is 4.53. The highest BCUT2D eigenvalue weighted by Gasteiger charge is 2.60. The molecule has 2 heteroatoms. The maximum Gasteiger partial charge on any atom is 0.137 e. The van der Waals surface area contributed by atoms with Crippen molar-refractivity contribution >= 4 is 5.78 Å². The first kappa shape index (κ1) is 14.9. The zero-order chi connectivity index (χ0) is 15.5. The molecule has 0 saturated heterocycles. The van der Waals surface area contributed by atoms with Gasteiger partial charge in [-0.2, -0.15) is 0 Å². The van der Waals surface area contributed by atoms with E-state index in [0.717, 1.165) is 50.4 Å². The molecule has 0 heterocycles. The number of hydrogen-bond donors (Lipinski definition) is 1. The highest BCUT2D eigenvalue weighted by Crippen LogP contribution is 2.64. The van der Waals surface area contributed by atoms with E-state index < -0.39 is 5.60 Å². The molecule has 2 fully saturated rings. The standard InChI is InChI=1S/C20H30O2/c1-3-20(22)11-9-18-17-6-4-13-12-14(21)5-7-15(13)16(17)8-10-19(18,20)2/h16-18,22H,3-12H2,1-2H3/t16-,17+,18+,19+,20+/m1/s1. The lowest BCUT2D eigenvalue weighted by molar-refractivity contribution is -0.119. The molecular formula is C20H30O2. The number of fused-ring (bicyclic) bond motifs is 4. The third-order valence-electron chi connectivity index (χ3n) is 8.11. The molecule has 0 aromatic carbocycles. The van der Waals surface area contributed by atoms with Gasteiger partial charge in [0.1, 0.15) is 5.78 Å². The Balaban J connectivity index is 1.65. The molecule has 0 radical (unpaired) electrons. The summed E-state index contributed by atoms with van der Waals surface area (Å²) in [5.74, 6) is 2.65. The van der Waals surface area contributed by atoms with Crippen LogP contribution in [0.4, 0.5) is 0 Å². The number of hydrogen-bond acceptors (Lipinski definition) is 2. The van der Waals surface area contributed by atoms with Crippen molar-refractivity contribution in [3.8, 4) is 0 Å². The van der Waals surface area contributed by atoms with Crippen molar-refractivity contribution in [2.24, 2.45) is 23.2 Å². The van der Waals surface area contributed by atoms with Crippen molar-refractivity contribution in [2.45, 2.75) is 83.7 Å². The van der Waals surface area contributed by atoms with Gasteiger partial charge in [0, 0.05) is 12.8 Å². The molecule has 0 aromatic heterocycles. The van der Waals surface area contributed by atoms with Gasteiger partial charge in [0.25, 0.3) is 0 Å². The lowest BCUT2D eigenvalue weighted by atomic mass is 9.52. The molecule has 4 rings (SSSR count). The molecule has 22 heavy (non-hydrogen) atoms. The smallest absolute Gasteiger partial charge is 0.137 e. The summed E-state index contributed by atoms with van der Waals surface area (Å²) < 4.78 is 0. The van der Waals surface area contributed by atoms with Gasteiger partial charge in [0.05, 0.1) is 5.60 Å². The minimum atomic E-state index is -0.431. The van der Waals surface area contributed by atoms with E-state index in [2.05, 4.69) is 13.8 Å². The van der Waals surface area contributed by atoms with Crippen molar-refractivity contribution < 1.29 is 9.90 Å². The van der Waals surface area contributed by atoms with Crippen LogP contribution < -0.4 is 0 Å². The number of carbonyl (C=O) groups excluding carboxylic acids is 1. The number of Topliss-reactive ketones (excluding diaryl/α,β-unsaturated/α-hetero) is 1. The summed E-state index contributed by atoms with van der Waals surface area (Å²) in [6.07, 6.45) is 10.5. The van der Waals surface area contributed by atoms with E-state index >= 15 is 0 Å². The van der Waals surface area contributed by atoms with Gasteiger partial charge in [0.15, 0.2) is 0 Å². The van der Waals surface area contributed by atoms with Crippen LogP contribution in [0, 0.1) is 23.2 Å². The van der Waals surface area contributed by atoms with E-state index in [1.165, 1.54) is 31.3 Å². The third-order valence-corrected chi connectivity index (χ3v) is 8.11. The van der Waals surface area contributed by atoms with Crippen molar-refractivity contribution in [2.75, 3.05) is 0 Å². The monoisotopic (exact) mass is 302 g/mol. The first-order chi connectivity index (χ1) is 10.5. The average Bonchev–Trinajstić information content (AvgIpc) is 2.79. The summed E-state index contributed by atoms with van der Waals surface area (Å²) in [5.41, 5.74) is 2.88. The Labute approximate surface area is 134 Å². The van der Waals surface area contributed by atoms with Gasteiger partial charge in [-0.15, -0.1) is 0 Å². The SMILES string of the molecule is CC[C@]1(O)CC[C@H]2[C@H]3CCC4=C(CCC(=O)C4)[C@H]3CC[C@@]21C.